The van der Waals surface area contributed by atoms with Gasteiger partial charge in [0.25, 0.3) is 11.1 Å². The number of halogens is 1. The molecule has 2 aromatic carbocycles. The Labute approximate surface area is 179 Å². The highest BCUT2D eigenvalue weighted by molar-refractivity contribution is 9.10. The number of aromatic hydroxyl groups is 1. The number of hydrogen-bond donors (Lipinski definition) is 2. The zero-order chi connectivity index (χ0) is 21.0. The monoisotopic (exact) mass is 476 g/mol. The van der Waals surface area contributed by atoms with Crippen molar-refractivity contribution >= 4 is 56.5 Å². The number of carbonyl (C=O) groups is 3. The van der Waals surface area contributed by atoms with E-state index in [0.29, 0.717) is 23.6 Å². The Morgan fingerprint density at radius 3 is 2.66 bits per heavy atom. The molecule has 2 aromatic rings. The lowest BCUT2D eigenvalue weighted by Crippen LogP contribution is -2.36. The standard InChI is InChI=1S/C20H17BrN2O5S/c1-2-28-15-6-4-14(5-7-15)22-18(25)11-23-19(26)17(29-20(23)27)10-12-9-13(21)3-8-16(12)24/h3-10,24H,2,11H2,1H3,(H,22,25)/b17-10-. The summed E-state index contributed by atoms with van der Waals surface area (Å²) in [6, 6.07) is 11.5. The maximum atomic E-state index is 12.5. The van der Waals surface area contributed by atoms with Gasteiger partial charge in [-0.1, -0.05) is 15.9 Å². The topological polar surface area (TPSA) is 95.9 Å². The van der Waals surface area contributed by atoms with Gasteiger partial charge >= 0.3 is 0 Å². The molecular formula is C20H17BrN2O5S. The van der Waals surface area contributed by atoms with Crippen LogP contribution in [0.25, 0.3) is 6.08 Å². The van der Waals surface area contributed by atoms with Crippen LogP contribution in [-0.2, 0) is 9.59 Å². The molecule has 0 aromatic heterocycles. The summed E-state index contributed by atoms with van der Waals surface area (Å²) >= 11 is 4.01. The van der Waals surface area contributed by atoms with Crippen LogP contribution in [0.1, 0.15) is 12.5 Å². The molecule has 3 rings (SSSR count). The van der Waals surface area contributed by atoms with Crippen LogP contribution in [0.2, 0.25) is 0 Å². The molecule has 1 fully saturated rings. The van der Waals surface area contributed by atoms with E-state index in [4.69, 9.17) is 4.74 Å². The van der Waals surface area contributed by atoms with E-state index in [1.54, 1.807) is 36.4 Å². The smallest absolute Gasteiger partial charge is 0.294 e. The van der Waals surface area contributed by atoms with Crippen molar-refractivity contribution in [2.75, 3.05) is 18.5 Å². The third-order valence-corrected chi connectivity index (χ3v) is 5.30. The van der Waals surface area contributed by atoms with Crippen LogP contribution in [0.4, 0.5) is 10.5 Å². The predicted octanol–water partition coefficient (Wildman–Crippen LogP) is 4.23. The fourth-order valence-electron chi connectivity index (χ4n) is 2.56. The quantitative estimate of drug-likeness (QED) is 0.605. The van der Waals surface area contributed by atoms with Crippen molar-refractivity contribution in [1.29, 1.82) is 0 Å². The minimum Gasteiger partial charge on any atom is -0.507 e. The second-order valence-electron chi connectivity index (χ2n) is 5.98. The zero-order valence-corrected chi connectivity index (χ0v) is 17.7. The number of ether oxygens (including phenoxy) is 1. The molecule has 0 atom stereocenters. The number of benzene rings is 2. The van der Waals surface area contributed by atoms with Gasteiger partial charge in [0.1, 0.15) is 18.0 Å². The molecule has 0 aliphatic carbocycles. The summed E-state index contributed by atoms with van der Waals surface area (Å²) in [7, 11) is 0. The van der Waals surface area contributed by atoms with Crippen molar-refractivity contribution in [3.8, 4) is 11.5 Å². The molecule has 1 heterocycles. The summed E-state index contributed by atoms with van der Waals surface area (Å²) in [5.41, 5.74) is 0.920. The lowest BCUT2D eigenvalue weighted by molar-refractivity contribution is -0.127. The van der Waals surface area contributed by atoms with Gasteiger partial charge in [-0.3, -0.25) is 19.3 Å². The predicted molar refractivity (Wildman–Crippen MR) is 115 cm³/mol. The molecule has 1 aliphatic heterocycles. The molecule has 0 saturated carbocycles. The first-order valence-electron chi connectivity index (χ1n) is 8.64. The highest BCUT2D eigenvalue weighted by Gasteiger charge is 2.36. The van der Waals surface area contributed by atoms with Crippen molar-refractivity contribution in [3.05, 3.63) is 57.4 Å². The first-order valence-corrected chi connectivity index (χ1v) is 10.2. The van der Waals surface area contributed by atoms with Crippen LogP contribution >= 0.6 is 27.7 Å². The van der Waals surface area contributed by atoms with Crippen molar-refractivity contribution in [2.45, 2.75) is 6.92 Å². The Balaban J connectivity index is 1.67. The third-order valence-electron chi connectivity index (χ3n) is 3.90. The molecule has 0 spiro atoms. The van der Waals surface area contributed by atoms with Crippen LogP contribution in [-0.4, -0.2) is 40.2 Å². The first kappa shape index (κ1) is 20.9. The number of rotatable bonds is 6. The van der Waals surface area contributed by atoms with Crippen LogP contribution in [0, 0.1) is 0 Å². The molecule has 0 unspecified atom stereocenters. The van der Waals surface area contributed by atoms with E-state index in [-0.39, 0.29) is 10.7 Å². The first-order chi connectivity index (χ1) is 13.9. The molecule has 29 heavy (non-hydrogen) atoms. The molecule has 9 heteroatoms. The van der Waals surface area contributed by atoms with Crippen LogP contribution < -0.4 is 10.1 Å². The van der Waals surface area contributed by atoms with E-state index in [2.05, 4.69) is 21.2 Å². The number of nitrogens with zero attached hydrogens (tertiary/aromatic N) is 1. The van der Waals surface area contributed by atoms with Gasteiger partial charge in [0, 0.05) is 15.7 Å². The Morgan fingerprint density at radius 2 is 1.97 bits per heavy atom. The third kappa shape index (κ3) is 5.18. The number of imide groups is 1. The molecule has 0 bridgehead atoms. The normalized spacial score (nSPS) is 15.1. The average molecular weight is 477 g/mol. The number of carbonyl (C=O) groups excluding carboxylic acids is 3. The van der Waals surface area contributed by atoms with E-state index < -0.39 is 23.6 Å². The van der Waals surface area contributed by atoms with Gasteiger partial charge in [-0.15, -0.1) is 0 Å². The number of amides is 3. The number of phenolic OH excluding ortho intramolecular Hbond substituents is 1. The summed E-state index contributed by atoms with van der Waals surface area (Å²) < 4.78 is 6.06. The Bertz CT molecular complexity index is 991. The number of hydrogen-bond acceptors (Lipinski definition) is 6. The number of nitrogens with one attached hydrogen (secondary N) is 1. The fourth-order valence-corrected chi connectivity index (χ4v) is 3.77. The second-order valence-corrected chi connectivity index (χ2v) is 7.89. The van der Waals surface area contributed by atoms with E-state index in [9.17, 15) is 19.5 Å². The zero-order valence-electron chi connectivity index (χ0n) is 15.3. The minimum atomic E-state index is -0.582. The van der Waals surface area contributed by atoms with Gasteiger partial charge in [-0.25, -0.2) is 0 Å². The van der Waals surface area contributed by atoms with Crippen molar-refractivity contribution in [1.82, 2.24) is 4.90 Å². The Kier molecular flexibility index (Phi) is 6.60. The van der Waals surface area contributed by atoms with E-state index in [1.165, 1.54) is 12.1 Å². The molecule has 1 aliphatic rings. The van der Waals surface area contributed by atoms with Gasteiger partial charge in [-0.2, -0.15) is 0 Å². The summed E-state index contributed by atoms with van der Waals surface area (Å²) in [6.07, 6.45) is 1.43. The summed E-state index contributed by atoms with van der Waals surface area (Å²) in [6.45, 7) is 2.01. The van der Waals surface area contributed by atoms with Crippen molar-refractivity contribution < 1.29 is 24.2 Å². The Morgan fingerprint density at radius 1 is 1.24 bits per heavy atom. The van der Waals surface area contributed by atoms with E-state index in [0.717, 1.165) is 21.1 Å². The van der Waals surface area contributed by atoms with Crippen LogP contribution in [0.5, 0.6) is 11.5 Å². The van der Waals surface area contributed by atoms with Gasteiger partial charge in [0.2, 0.25) is 5.91 Å². The molecule has 7 nitrogen and oxygen atoms in total. The van der Waals surface area contributed by atoms with E-state index >= 15 is 0 Å². The van der Waals surface area contributed by atoms with Gasteiger partial charge < -0.3 is 15.2 Å². The molecule has 3 amide bonds. The molecular weight excluding hydrogens is 460 g/mol. The largest absolute Gasteiger partial charge is 0.507 e. The average Bonchev–Trinajstić information content (AvgIpc) is 2.94. The summed E-state index contributed by atoms with van der Waals surface area (Å²) in [5.74, 6) is -0.421. The maximum absolute atomic E-state index is 12.5. The van der Waals surface area contributed by atoms with E-state index in [1.807, 2.05) is 6.92 Å². The van der Waals surface area contributed by atoms with Crippen LogP contribution in [0.3, 0.4) is 0 Å². The molecule has 2 N–H and O–H groups in total. The van der Waals surface area contributed by atoms with Gasteiger partial charge in [-0.05, 0) is 67.2 Å². The number of thioether (sulfide) groups is 1. The fraction of sp³-hybridized carbons (Fsp3) is 0.150. The van der Waals surface area contributed by atoms with Gasteiger partial charge in [0.05, 0.1) is 11.5 Å². The van der Waals surface area contributed by atoms with Crippen LogP contribution in [0.15, 0.2) is 51.8 Å². The molecule has 150 valence electrons. The SMILES string of the molecule is CCOc1ccc(NC(=O)CN2C(=O)S/C(=C\c3cc(Br)ccc3O)C2=O)cc1. The van der Waals surface area contributed by atoms with Gasteiger partial charge in [0.15, 0.2) is 0 Å². The minimum absolute atomic E-state index is 0.0201. The van der Waals surface area contributed by atoms with Crippen molar-refractivity contribution in [2.24, 2.45) is 0 Å². The number of phenols is 1. The molecule has 1 saturated heterocycles. The molecule has 0 radical (unpaired) electrons. The highest BCUT2D eigenvalue weighted by atomic mass is 79.9. The highest BCUT2D eigenvalue weighted by Crippen LogP contribution is 2.34. The Hall–Kier alpha value is -2.78. The summed E-state index contributed by atoms with van der Waals surface area (Å²) in [5, 5.41) is 12.0. The maximum Gasteiger partial charge on any atom is 0.294 e. The van der Waals surface area contributed by atoms with Crippen molar-refractivity contribution in [3.63, 3.8) is 0 Å². The second kappa shape index (κ2) is 9.15. The lowest BCUT2D eigenvalue weighted by Gasteiger charge is -2.12. The summed E-state index contributed by atoms with van der Waals surface area (Å²) in [4.78, 5) is 38.0. The lowest BCUT2D eigenvalue weighted by atomic mass is 10.2. The number of anilines is 1.